The number of hydrogen-bond acceptors (Lipinski definition) is 2. The van der Waals surface area contributed by atoms with E-state index in [2.05, 4.69) is 19.1 Å². The largest absolute Gasteiger partial charge is 0.479 e. The van der Waals surface area contributed by atoms with Crippen LogP contribution in [0.4, 0.5) is 0 Å². The minimum absolute atomic E-state index is 0.351. The second kappa shape index (κ2) is 15.7. The van der Waals surface area contributed by atoms with Crippen molar-refractivity contribution in [1.82, 2.24) is 0 Å². The zero-order valence-electron chi connectivity index (χ0n) is 16.1. The summed E-state index contributed by atoms with van der Waals surface area (Å²) in [4.78, 5) is 10.8. The molecule has 0 fully saturated rings. The molecule has 0 aromatic rings. The molecule has 2 N–H and O–H groups in total. The summed E-state index contributed by atoms with van der Waals surface area (Å²) in [5, 5.41) is 18.4. The van der Waals surface area contributed by atoms with Crippen LogP contribution < -0.4 is 0 Å². The summed E-state index contributed by atoms with van der Waals surface area (Å²) in [5.74, 6) is -1.12. The molecule has 1 unspecified atom stereocenters. The first-order valence-corrected chi connectivity index (χ1v) is 10.1. The van der Waals surface area contributed by atoms with Gasteiger partial charge in [-0.25, -0.2) is 4.79 Å². The summed E-state index contributed by atoms with van der Waals surface area (Å²) >= 11 is 0. The fourth-order valence-electron chi connectivity index (χ4n) is 2.82. The highest BCUT2D eigenvalue weighted by molar-refractivity contribution is 5.76. The van der Waals surface area contributed by atoms with Crippen LogP contribution >= 0.6 is 0 Å². The number of unbranched alkanes of at least 4 members (excludes halogenated alkanes) is 12. The molecule has 0 rings (SSSR count). The minimum atomic E-state index is -1.55. The van der Waals surface area contributed by atoms with Gasteiger partial charge in [0.25, 0.3) is 0 Å². The number of aliphatic hydroxyl groups is 1. The monoisotopic (exact) mass is 340 g/mol. The van der Waals surface area contributed by atoms with Crippen LogP contribution in [0.1, 0.15) is 110 Å². The lowest BCUT2D eigenvalue weighted by Gasteiger charge is -2.17. The summed E-state index contributed by atoms with van der Waals surface area (Å²) in [5.41, 5.74) is -1.55. The van der Waals surface area contributed by atoms with Crippen LogP contribution in [0, 0.1) is 0 Å². The van der Waals surface area contributed by atoms with Crippen LogP contribution in [0.2, 0.25) is 0 Å². The SMILES string of the molecule is CCCCCCCCC=CCCCCCCCCC(C)(O)C(=O)O. The van der Waals surface area contributed by atoms with Gasteiger partial charge >= 0.3 is 5.97 Å². The number of carboxylic acids is 1. The lowest BCUT2D eigenvalue weighted by atomic mass is 9.98. The van der Waals surface area contributed by atoms with E-state index in [9.17, 15) is 9.90 Å². The van der Waals surface area contributed by atoms with Crippen molar-refractivity contribution in [3.63, 3.8) is 0 Å². The van der Waals surface area contributed by atoms with Crippen molar-refractivity contribution in [2.75, 3.05) is 0 Å². The van der Waals surface area contributed by atoms with Crippen molar-refractivity contribution >= 4 is 5.97 Å². The van der Waals surface area contributed by atoms with E-state index in [0.29, 0.717) is 6.42 Å². The zero-order chi connectivity index (χ0) is 18.1. The topological polar surface area (TPSA) is 57.5 Å². The first-order valence-electron chi connectivity index (χ1n) is 10.1. The second-order valence-electron chi connectivity index (χ2n) is 7.27. The molecule has 142 valence electrons. The Balaban J connectivity index is 3.25. The molecule has 0 aliphatic carbocycles. The van der Waals surface area contributed by atoms with E-state index in [4.69, 9.17) is 5.11 Å². The van der Waals surface area contributed by atoms with Crippen molar-refractivity contribution in [1.29, 1.82) is 0 Å². The third-order valence-corrected chi connectivity index (χ3v) is 4.64. The third kappa shape index (κ3) is 14.7. The number of carbonyl (C=O) groups is 1. The molecule has 0 aliphatic heterocycles. The quantitative estimate of drug-likeness (QED) is 0.243. The molecular formula is C21H40O3. The van der Waals surface area contributed by atoms with Gasteiger partial charge in [0.1, 0.15) is 0 Å². The Morgan fingerprint density at radius 3 is 1.67 bits per heavy atom. The Bertz CT molecular complexity index is 321. The smallest absolute Gasteiger partial charge is 0.335 e. The van der Waals surface area contributed by atoms with Crippen LogP contribution in [0.3, 0.4) is 0 Å². The van der Waals surface area contributed by atoms with Gasteiger partial charge in [0.2, 0.25) is 0 Å². The summed E-state index contributed by atoms with van der Waals surface area (Å²) < 4.78 is 0. The zero-order valence-corrected chi connectivity index (χ0v) is 16.1. The molecule has 0 aliphatic rings. The van der Waals surface area contributed by atoms with Gasteiger partial charge < -0.3 is 10.2 Å². The van der Waals surface area contributed by atoms with Gasteiger partial charge in [-0.2, -0.15) is 0 Å². The number of carboxylic acid groups (broad SMARTS) is 1. The Morgan fingerprint density at radius 2 is 1.21 bits per heavy atom. The minimum Gasteiger partial charge on any atom is -0.479 e. The Kier molecular flexibility index (Phi) is 15.1. The molecule has 3 nitrogen and oxygen atoms in total. The van der Waals surface area contributed by atoms with Gasteiger partial charge in [-0.15, -0.1) is 0 Å². The van der Waals surface area contributed by atoms with E-state index in [1.54, 1.807) is 0 Å². The fraction of sp³-hybridized carbons (Fsp3) is 0.857. The van der Waals surface area contributed by atoms with E-state index in [1.165, 1.54) is 77.6 Å². The maximum absolute atomic E-state index is 10.8. The Hall–Kier alpha value is -0.830. The van der Waals surface area contributed by atoms with E-state index < -0.39 is 11.6 Å². The molecular weight excluding hydrogens is 300 g/mol. The maximum Gasteiger partial charge on any atom is 0.335 e. The van der Waals surface area contributed by atoms with Crippen molar-refractivity contribution in [2.45, 2.75) is 116 Å². The molecule has 24 heavy (non-hydrogen) atoms. The summed E-state index contributed by atoms with van der Waals surface area (Å²) in [6.45, 7) is 3.64. The van der Waals surface area contributed by atoms with E-state index in [0.717, 1.165) is 19.3 Å². The van der Waals surface area contributed by atoms with Gasteiger partial charge in [-0.05, 0) is 45.4 Å². The van der Waals surface area contributed by atoms with Crippen LogP contribution in [0.5, 0.6) is 0 Å². The standard InChI is InChI=1S/C21H40O3/c1-3-4-5-6-7-8-9-10-11-12-13-14-15-16-17-18-19-21(2,24)20(22)23/h10-11,24H,3-9,12-19H2,1-2H3,(H,22,23). The second-order valence-corrected chi connectivity index (χ2v) is 7.27. The van der Waals surface area contributed by atoms with Crippen molar-refractivity contribution in [3.05, 3.63) is 12.2 Å². The van der Waals surface area contributed by atoms with Crippen molar-refractivity contribution in [2.24, 2.45) is 0 Å². The summed E-state index contributed by atoms with van der Waals surface area (Å²) in [7, 11) is 0. The van der Waals surface area contributed by atoms with E-state index >= 15 is 0 Å². The lowest BCUT2D eigenvalue weighted by Crippen LogP contribution is -2.34. The third-order valence-electron chi connectivity index (χ3n) is 4.64. The lowest BCUT2D eigenvalue weighted by molar-refractivity contribution is -0.157. The van der Waals surface area contributed by atoms with Crippen LogP contribution in [0.15, 0.2) is 12.2 Å². The molecule has 0 saturated heterocycles. The predicted octanol–water partition coefficient (Wildman–Crippen LogP) is 6.25. The molecule has 0 aromatic heterocycles. The number of allylic oxidation sites excluding steroid dienone is 2. The number of rotatable bonds is 17. The van der Waals surface area contributed by atoms with Crippen LogP contribution in [-0.2, 0) is 4.79 Å². The molecule has 0 amide bonds. The van der Waals surface area contributed by atoms with E-state index in [-0.39, 0.29) is 0 Å². The van der Waals surface area contributed by atoms with Gasteiger partial charge in [-0.3, -0.25) is 0 Å². The first kappa shape index (κ1) is 23.2. The molecule has 0 heterocycles. The Labute approximate surface area is 149 Å². The highest BCUT2D eigenvalue weighted by Gasteiger charge is 2.28. The summed E-state index contributed by atoms with van der Waals surface area (Å²) in [6.07, 6.45) is 22.3. The molecule has 0 spiro atoms. The summed E-state index contributed by atoms with van der Waals surface area (Å²) in [6, 6.07) is 0. The van der Waals surface area contributed by atoms with Crippen molar-refractivity contribution < 1.29 is 15.0 Å². The van der Waals surface area contributed by atoms with Gasteiger partial charge in [0.15, 0.2) is 5.60 Å². The number of aliphatic carboxylic acids is 1. The molecule has 0 aromatic carbocycles. The van der Waals surface area contributed by atoms with E-state index in [1.807, 2.05) is 0 Å². The van der Waals surface area contributed by atoms with Gasteiger partial charge in [0.05, 0.1) is 0 Å². The molecule has 1 atom stereocenters. The fourth-order valence-corrected chi connectivity index (χ4v) is 2.82. The normalized spacial score (nSPS) is 14.1. The predicted molar refractivity (Wildman–Crippen MR) is 102 cm³/mol. The average Bonchev–Trinajstić information content (AvgIpc) is 2.54. The first-order chi connectivity index (χ1) is 11.5. The molecule has 0 bridgehead atoms. The highest BCUT2D eigenvalue weighted by Crippen LogP contribution is 2.16. The Morgan fingerprint density at radius 1 is 0.792 bits per heavy atom. The molecule has 3 heteroatoms. The molecule has 0 saturated carbocycles. The average molecular weight is 341 g/mol. The van der Waals surface area contributed by atoms with Gasteiger partial charge in [0, 0.05) is 0 Å². The van der Waals surface area contributed by atoms with Crippen LogP contribution in [0.25, 0.3) is 0 Å². The van der Waals surface area contributed by atoms with Gasteiger partial charge in [-0.1, -0.05) is 76.9 Å². The highest BCUT2D eigenvalue weighted by atomic mass is 16.4. The molecule has 0 radical (unpaired) electrons. The van der Waals surface area contributed by atoms with Crippen molar-refractivity contribution in [3.8, 4) is 0 Å². The number of hydrogen-bond donors (Lipinski definition) is 2. The maximum atomic E-state index is 10.8. The van der Waals surface area contributed by atoms with Crippen LogP contribution in [-0.4, -0.2) is 21.8 Å².